The fourth-order valence-corrected chi connectivity index (χ4v) is 3.22. The lowest BCUT2D eigenvalue weighted by atomic mass is 10.2. The summed E-state index contributed by atoms with van der Waals surface area (Å²) in [6, 6.07) is 3.83. The molecule has 25 heavy (non-hydrogen) atoms. The molecule has 0 aromatic carbocycles. The van der Waals surface area contributed by atoms with Crippen molar-refractivity contribution < 1.29 is 18.7 Å². The van der Waals surface area contributed by atoms with Crippen LogP contribution in [0.1, 0.15) is 19.2 Å². The zero-order chi connectivity index (χ0) is 17.6. The number of carbonyl (C=O) groups excluding carboxylic acids is 2. The van der Waals surface area contributed by atoms with E-state index in [-0.39, 0.29) is 12.0 Å². The second-order valence-corrected chi connectivity index (χ2v) is 6.49. The summed E-state index contributed by atoms with van der Waals surface area (Å²) in [6.45, 7) is 4.15. The molecule has 0 saturated carbocycles. The van der Waals surface area contributed by atoms with Crippen LogP contribution >= 0.6 is 11.3 Å². The summed E-state index contributed by atoms with van der Waals surface area (Å²) in [5.41, 5.74) is 0. The Morgan fingerprint density at radius 1 is 1.24 bits per heavy atom. The lowest BCUT2D eigenvalue weighted by Gasteiger charge is -2.34. The SMILES string of the molecule is CCOC(=O)N1CCN(C(=O)CCc2nnc(-c3cccs3)o2)CC1. The number of rotatable bonds is 5. The van der Waals surface area contributed by atoms with Crippen molar-refractivity contribution in [2.75, 3.05) is 32.8 Å². The molecular weight excluding hydrogens is 344 g/mol. The van der Waals surface area contributed by atoms with Gasteiger partial charge in [-0.25, -0.2) is 4.79 Å². The number of piperazine rings is 1. The standard InChI is InChI=1S/C16H20N4O4S/c1-2-23-16(22)20-9-7-19(8-10-20)14(21)6-5-13-17-18-15(24-13)12-4-3-11-25-12/h3-4,11H,2,5-10H2,1H3. The minimum Gasteiger partial charge on any atom is -0.450 e. The number of aromatic nitrogens is 2. The van der Waals surface area contributed by atoms with Crippen LogP contribution in [-0.4, -0.2) is 64.8 Å². The van der Waals surface area contributed by atoms with Gasteiger partial charge in [-0.15, -0.1) is 21.5 Å². The van der Waals surface area contributed by atoms with Gasteiger partial charge in [0.05, 0.1) is 11.5 Å². The summed E-state index contributed by atoms with van der Waals surface area (Å²) in [5.74, 6) is 0.974. The Hall–Kier alpha value is -2.42. The fraction of sp³-hybridized carbons (Fsp3) is 0.500. The Morgan fingerprint density at radius 2 is 2.00 bits per heavy atom. The topological polar surface area (TPSA) is 88.8 Å². The number of thiophene rings is 1. The molecule has 0 aliphatic carbocycles. The molecule has 1 aliphatic heterocycles. The minimum absolute atomic E-state index is 0.0272. The van der Waals surface area contributed by atoms with E-state index in [9.17, 15) is 9.59 Å². The molecule has 2 amide bonds. The number of aryl methyl sites for hydroxylation is 1. The molecule has 0 bridgehead atoms. The number of amides is 2. The molecule has 1 saturated heterocycles. The summed E-state index contributed by atoms with van der Waals surface area (Å²) in [4.78, 5) is 28.3. The number of carbonyl (C=O) groups is 2. The molecular formula is C16H20N4O4S. The molecule has 2 aromatic heterocycles. The van der Waals surface area contributed by atoms with Crippen molar-refractivity contribution in [2.24, 2.45) is 0 Å². The highest BCUT2D eigenvalue weighted by atomic mass is 32.1. The summed E-state index contributed by atoms with van der Waals surface area (Å²) in [7, 11) is 0. The number of hydrogen-bond acceptors (Lipinski definition) is 7. The minimum atomic E-state index is -0.318. The molecule has 0 atom stereocenters. The molecule has 0 spiro atoms. The van der Waals surface area contributed by atoms with Crippen LogP contribution in [0, 0.1) is 0 Å². The lowest BCUT2D eigenvalue weighted by molar-refractivity contribution is -0.132. The monoisotopic (exact) mass is 364 g/mol. The molecule has 0 radical (unpaired) electrons. The average molecular weight is 364 g/mol. The van der Waals surface area contributed by atoms with Gasteiger partial charge in [0.1, 0.15) is 0 Å². The van der Waals surface area contributed by atoms with E-state index in [1.165, 1.54) is 11.3 Å². The number of ether oxygens (including phenoxy) is 1. The van der Waals surface area contributed by atoms with Gasteiger partial charge in [0, 0.05) is 39.0 Å². The smallest absolute Gasteiger partial charge is 0.409 e. The molecule has 134 valence electrons. The van der Waals surface area contributed by atoms with Crippen molar-refractivity contribution in [2.45, 2.75) is 19.8 Å². The van der Waals surface area contributed by atoms with E-state index in [4.69, 9.17) is 9.15 Å². The first-order valence-corrected chi connectivity index (χ1v) is 9.11. The van der Waals surface area contributed by atoms with Crippen LogP contribution in [0.2, 0.25) is 0 Å². The van der Waals surface area contributed by atoms with E-state index in [0.29, 0.717) is 57.4 Å². The highest BCUT2D eigenvalue weighted by molar-refractivity contribution is 7.13. The maximum absolute atomic E-state index is 12.3. The molecule has 9 heteroatoms. The summed E-state index contributed by atoms with van der Waals surface area (Å²) < 4.78 is 10.6. The van der Waals surface area contributed by atoms with Crippen molar-refractivity contribution in [3.05, 3.63) is 23.4 Å². The first kappa shape index (κ1) is 17.4. The van der Waals surface area contributed by atoms with Gasteiger partial charge < -0.3 is 19.0 Å². The molecule has 1 fully saturated rings. The summed E-state index contributed by atoms with van der Waals surface area (Å²) in [6.07, 6.45) is 0.405. The van der Waals surface area contributed by atoms with Crippen LogP contribution < -0.4 is 0 Å². The Morgan fingerprint density at radius 3 is 2.68 bits per heavy atom. The first-order valence-electron chi connectivity index (χ1n) is 8.23. The van der Waals surface area contributed by atoms with Crippen LogP contribution in [-0.2, 0) is 16.0 Å². The van der Waals surface area contributed by atoms with Crippen LogP contribution in [0.25, 0.3) is 10.8 Å². The van der Waals surface area contributed by atoms with Crippen molar-refractivity contribution in [3.63, 3.8) is 0 Å². The Balaban J connectivity index is 1.45. The van der Waals surface area contributed by atoms with Gasteiger partial charge in [0.2, 0.25) is 11.8 Å². The maximum atomic E-state index is 12.3. The van der Waals surface area contributed by atoms with E-state index in [0.717, 1.165) is 4.88 Å². The van der Waals surface area contributed by atoms with Crippen molar-refractivity contribution in [3.8, 4) is 10.8 Å². The van der Waals surface area contributed by atoms with Crippen LogP contribution in [0.4, 0.5) is 4.79 Å². The van der Waals surface area contributed by atoms with Gasteiger partial charge in [0.15, 0.2) is 0 Å². The Labute approximate surface area is 149 Å². The third-order valence-electron chi connectivity index (χ3n) is 3.91. The Bertz CT molecular complexity index is 708. The van der Waals surface area contributed by atoms with Crippen LogP contribution in [0.5, 0.6) is 0 Å². The van der Waals surface area contributed by atoms with Gasteiger partial charge in [0.25, 0.3) is 5.89 Å². The van der Waals surface area contributed by atoms with Gasteiger partial charge in [-0.2, -0.15) is 0 Å². The van der Waals surface area contributed by atoms with Gasteiger partial charge in [-0.1, -0.05) is 6.07 Å². The zero-order valence-corrected chi connectivity index (χ0v) is 14.8. The highest BCUT2D eigenvalue weighted by Gasteiger charge is 2.25. The van der Waals surface area contributed by atoms with E-state index in [1.54, 1.807) is 16.7 Å². The number of nitrogens with zero attached hydrogens (tertiary/aromatic N) is 4. The summed E-state index contributed by atoms with van der Waals surface area (Å²) in [5, 5.41) is 9.94. The van der Waals surface area contributed by atoms with Crippen molar-refractivity contribution >= 4 is 23.3 Å². The Kier molecular flexibility index (Phi) is 5.64. The molecule has 3 heterocycles. The molecule has 1 aliphatic rings. The largest absolute Gasteiger partial charge is 0.450 e. The average Bonchev–Trinajstić information content (AvgIpc) is 3.31. The van der Waals surface area contributed by atoms with Crippen molar-refractivity contribution in [1.82, 2.24) is 20.0 Å². The first-order chi connectivity index (χ1) is 12.2. The van der Waals surface area contributed by atoms with Gasteiger partial charge in [-0.3, -0.25) is 4.79 Å². The quantitative estimate of drug-likeness (QED) is 0.806. The normalized spacial score (nSPS) is 14.6. The predicted molar refractivity (Wildman–Crippen MR) is 91.1 cm³/mol. The van der Waals surface area contributed by atoms with E-state index < -0.39 is 0 Å². The van der Waals surface area contributed by atoms with Crippen LogP contribution in [0.3, 0.4) is 0 Å². The summed E-state index contributed by atoms with van der Waals surface area (Å²) >= 11 is 1.53. The van der Waals surface area contributed by atoms with E-state index in [2.05, 4.69) is 10.2 Å². The third kappa shape index (κ3) is 4.36. The molecule has 0 unspecified atom stereocenters. The second kappa shape index (κ2) is 8.11. The van der Waals surface area contributed by atoms with Crippen LogP contribution in [0.15, 0.2) is 21.9 Å². The van der Waals surface area contributed by atoms with Gasteiger partial charge >= 0.3 is 6.09 Å². The zero-order valence-electron chi connectivity index (χ0n) is 14.0. The van der Waals surface area contributed by atoms with E-state index in [1.807, 2.05) is 17.5 Å². The molecule has 3 rings (SSSR count). The van der Waals surface area contributed by atoms with Gasteiger partial charge in [-0.05, 0) is 18.4 Å². The van der Waals surface area contributed by atoms with E-state index >= 15 is 0 Å². The van der Waals surface area contributed by atoms with Crippen molar-refractivity contribution in [1.29, 1.82) is 0 Å². The predicted octanol–water partition coefficient (Wildman–Crippen LogP) is 2.03. The molecule has 0 N–H and O–H groups in total. The maximum Gasteiger partial charge on any atom is 0.409 e. The lowest BCUT2D eigenvalue weighted by Crippen LogP contribution is -2.50. The molecule has 8 nitrogen and oxygen atoms in total. The molecule has 2 aromatic rings. The third-order valence-corrected chi connectivity index (χ3v) is 4.77. The second-order valence-electron chi connectivity index (χ2n) is 5.55. The number of hydrogen-bond donors (Lipinski definition) is 0. The highest BCUT2D eigenvalue weighted by Crippen LogP contribution is 2.23. The fourth-order valence-electron chi connectivity index (χ4n) is 2.58.